The highest BCUT2D eigenvalue weighted by Crippen LogP contribution is 2.38. The number of fused-ring (bicyclic) bond motifs is 3. The Bertz CT molecular complexity index is 1890. The van der Waals surface area contributed by atoms with Crippen LogP contribution in [0, 0.1) is 5.92 Å². The molecule has 13 heteroatoms. The van der Waals surface area contributed by atoms with Gasteiger partial charge in [-0.3, -0.25) is 14.5 Å². The van der Waals surface area contributed by atoms with Crippen LogP contribution < -0.4 is 16.4 Å². The maximum absolute atomic E-state index is 14.6. The molecule has 3 aromatic carbocycles. The summed E-state index contributed by atoms with van der Waals surface area (Å²) in [7, 11) is 0. The van der Waals surface area contributed by atoms with Crippen molar-refractivity contribution in [3.8, 4) is 5.75 Å². The van der Waals surface area contributed by atoms with E-state index >= 15 is 0 Å². The van der Waals surface area contributed by atoms with Crippen LogP contribution >= 0.6 is 35.4 Å². The van der Waals surface area contributed by atoms with E-state index in [4.69, 9.17) is 41.2 Å². The van der Waals surface area contributed by atoms with E-state index in [1.54, 1.807) is 48.5 Å². The van der Waals surface area contributed by atoms with E-state index in [1.807, 2.05) is 19.9 Å². The molecule has 4 atom stereocenters. The first-order valence-corrected chi connectivity index (χ1v) is 17.7. The molecule has 10 nitrogen and oxygen atoms in total. The van der Waals surface area contributed by atoms with E-state index < -0.39 is 35.5 Å². The molecule has 7 N–H and O–H groups in total. The van der Waals surface area contributed by atoms with Gasteiger partial charge < -0.3 is 31.6 Å². The Labute approximate surface area is 306 Å². The molecule has 0 saturated heterocycles. The number of nitrogens with zero attached hydrogens (tertiary/aromatic N) is 1. The fourth-order valence-electron chi connectivity index (χ4n) is 6.64. The zero-order valence-corrected chi connectivity index (χ0v) is 30.2. The van der Waals surface area contributed by atoms with Crippen molar-refractivity contribution in [2.45, 2.75) is 76.5 Å². The minimum Gasteiger partial charge on any atom is -0.508 e. The molecule has 50 heavy (non-hydrogen) atoms. The first-order chi connectivity index (χ1) is 23.8. The Hall–Kier alpha value is -4.32. The van der Waals surface area contributed by atoms with Crippen LogP contribution in [0.25, 0.3) is 10.9 Å². The topological polar surface area (TPSA) is 161 Å². The average molecular weight is 739 g/mol. The molecule has 0 fully saturated rings. The number of aryl methyl sites for hydroxylation is 2. The van der Waals surface area contributed by atoms with E-state index in [-0.39, 0.29) is 42.5 Å². The number of carboxylic acid groups (broad SMARTS) is 1. The van der Waals surface area contributed by atoms with Crippen LogP contribution in [0.1, 0.15) is 55.5 Å². The van der Waals surface area contributed by atoms with Gasteiger partial charge in [0.05, 0.1) is 21.6 Å². The van der Waals surface area contributed by atoms with Crippen molar-refractivity contribution in [1.82, 2.24) is 20.5 Å². The summed E-state index contributed by atoms with van der Waals surface area (Å²) in [4.78, 5) is 46.7. The van der Waals surface area contributed by atoms with Gasteiger partial charge in [0, 0.05) is 29.1 Å². The van der Waals surface area contributed by atoms with Gasteiger partial charge in [-0.15, -0.1) is 0 Å². The first-order valence-electron chi connectivity index (χ1n) is 16.5. The molecular formula is C37H41Cl2N5O5S. The SMILES string of the molecule is CC[C@H](C)[C@H](NC(=O)[C@@]1(NC(=O)C(CCc2ccc(O)cc2)N(Cc2ccccc2)C(=O)O)CCc2[nH]c3c(Cl)cc(Cl)cc3c2C1)C(N)=S. The van der Waals surface area contributed by atoms with Gasteiger partial charge >= 0.3 is 6.09 Å². The third-order valence-corrected chi connectivity index (χ3v) is 10.4. The Morgan fingerprint density at radius 2 is 1.78 bits per heavy atom. The standard InChI is InChI=1S/C37H41Cl2N5O5S/c1-3-21(2)31(33(40)50)42-35(47)37(16-15-29-27(19-37)26-17-24(38)18-28(39)32(26)41-29)43-34(46)30(14-11-22-9-12-25(45)13-10-22)44(36(48)49)20-23-7-5-4-6-8-23/h4-10,12-13,17-18,21,30-31,41,45H,3,11,14-16,19-20H2,1-2H3,(H2,40,50)(H,42,47)(H,43,46)(H,48,49)/t21-,30?,31-,37+/m0/s1. The lowest BCUT2D eigenvalue weighted by Gasteiger charge is -2.40. The van der Waals surface area contributed by atoms with Gasteiger partial charge in [-0.25, -0.2) is 4.79 Å². The highest BCUT2D eigenvalue weighted by atomic mass is 35.5. The van der Waals surface area contributed by atoms with Crippen molar-refractivity contribution in [3.63, 3.8) is 0 Å². The van der Waals surface area contributed by atoms with E-state index in [2.05, 4.69) is 15.6 Å². The molecule has 1 unspecified atom stereocenters. The Balaban J connectivity index is 1.56. The number of phenols is 1. The number of nitrogens with two attached hydrogens (primary N) is 1. The van der Waals surface area contributed by atoms with Gasteiger partial charge in [-0.1, -0.05) is 98.2 Å². The number of carbonyl (C=O) groups is 3. The van der Waals surface area contributed by atoms with Crippen LogP contribution in [0.4, 0.5) is 4.79 Å². The second-order valence-corrected chi connectivity index (χ2v) is 14.3. The number of thiocarbonyl (C=S) groups is 1. The zero-order chi connectivity index (χ0) is 36.2. The number of benzene rings is 3. The summed E-state index contributed by atoms with van der Waals surface area (Å²) >= 11 is 18.3. The number of aromatic hydroxyl groups is 1. The number of hydrogen-bond acceptors (Lipinski definition) is 5. The number of carbonyl (C=O) groups excluding carboxylic acids is 2. The fourth-order valence-corrected chi connectivity index (χ4v) is 7.47. The van der Waals surface area contributed by atoms with Crippen LogP contribution in [0.5, 0.6) is 5.75 Å². The van der Waals surface area contributed by atoms with Crippen LogP contribution in [-0.4, -0.2) is 60.6 Å². The molecule has 4 aromatic rings. The van der Waals surface area contributed by atoms with E-state index in [0.29, 0.717) is 40.4 Å². The second-order valence-electron chi connectivity index (χ2n) is 13.0. The molecule has 3 amide bonds. The molecule has 1 aliphatic carbocycles. The lowest BCUT2D eigenvalue weighted by Crippen LogP contribution is -2.66. The van der Waals surface area contributed by atoms with Crippen molar-refractivity contribution in [1.29, 1.82) is 0 Å². The summed E-state index contributed by atoms with van der Waals surface area (Å²) in [5.41, 5.74) is 8.44. The van der Waals surface area contributed by atoms with Gasteiger partial charge in [-0.2, -0.15) is 0 Å². The molecule has 0 saturated carbocycles. The summed E-state index contributed by atoms with van der Waals surface area (Å²) in [5.74, 6) is -1.08. The average Bonchev–Trinajstić information content (AvgIpc) is 3.45. The van der Waals surface area contributed by atoms with Crippen LogP contribution in [0.3, 0.4) is 0 Å². The summed E-state index contributed by atoms with van der Waals surface area (Å²) in [6.45, 7) is 3.85. The molecule has 1 aliphatic rings. The van der Waals surface area contributed by atoms with Crippen molar-refractivity contribution >= 4 is 69.2 Å². The molecular weight excluding hydrogens is 697 g/mol. The number of phenolic OH excluding ortho intramolecular Hbond substituents is 1. The summed E-state index contributed by atoms with van der Waals surface area (Å²) in [5, 5.41) is 28.0. The summed E-state index contributed by atoms with van der Waals surface area (Å²) in [6, 6.07) is 17.1. The highest BCUT2D eigenvalue weighted by Gasteiger charge is 2.47. The third-order valence-electron chi connectivity index (χ3n) is 9.67. The van der Waals surface area contributed by atoms with Crippen LogP contribution in [-0.2, 0) is 35.4 Å². The van der Waals surface area contributed by atoms with Crippen LogP contribution in [0.15, 0.2) is 66.7 Å². The van der Waals surface area contributed by atoms with Crippen LogP contribution in [0.2, 0.25) is 10.0 Å². The normalized spacial score (nSPS) is 17.3. The lowest BCUT2D eigenvalue weighted by molar-refractivity contribution is -0.137. The van der Waals surface area contributed by atoms with Gasteiger partial charge in [0.2, 0.25) is 11.8 Å². The number of halogens is 2. The van der Waals surface area contributed by atoms with Crippen molar-refractivity contribution in [2.24, 2.45) is 11.7 Å². The minimum atomic E-state index is -1.50. The smallest absolute Gasteiger partial charge is 0.408 e. The summed E-state index contributed by atoms with van der Waals surface area (Å²) in [6.07, 6.45) is 0.524. The largest absolute Gasteiger partial charge is 0.508 e. The monoisotopic (exact) mass is 737 g/mol. The number of aromatic amines is 1. The number of aromatic nitrogens is 1. The third kappa shape index (κ3) is 8.17. The number of nitrogens with one attached hydrogen (secondary N) is 3. The van der Waals surface area contributed by atoms with Crippen molar-refractivity contribution < 1.29 is 24.6 Å². The van der Waals surface area contributed by atoms with Gasteiger partial charge in [0.25, 0.3) is 0 Å². The van der Waals surface area contributed by atoms with Crippen molar-refractivity contribution in [2.75, 3.05) is 0 Å². The van der Waals surface area contributed by atoms with E-state index in [0.717, 1.165) is 27.1 Å². The highest BCUT2D eigenvalue weighted by molar-refractivity contribution is 7.80. The molecule has 1 aromatic heterocycles. The molecule has 1 heterocycles. The predicted octanol–water partition coefficient (Wildman–Crippen LogP) is 6.52. The fraction of sp³-hybridized carbons (Fsp3) is 0.351. The molecule has 0 bridgehead atoms. The lowest BCUT2D eigenvalue weighted by atomic mass is 9.78. The second kappa shape index (κ2) is 15.7. The Kier molecular flexibility index (Phi) is 11.6. The predicted molar refractivity (Wildman–Crippen MR) is 200 cm³/mol. The zero-order valence-electron chi connectivity index (χ0n) is 27.8. The Morgan fingerprint density at radius 1 is 1.08 bits per heavy atom. The maximum atomic E-state index is 14.6. The van der Waals surface area contributed by atoms with Gasteiger partial charge in [0.15, 0.2) is 0 Å². The molecule has 264 valence electrons. The summed E-state index contributed by atoms with van der Waals surface area (Å²) < 4.78 is 0. The molecule has 5 rings (SSSR count). The Morgan fingerprint density at radius 3 is 2.42 bits per heavy atom. The first kappa shape index (κ1) is 36.9. The molecule has 0 radical (unpaired) electrons. The number of amides is 3. The van der Waals surface area contributed by atoms with Crippen molar-refractivity contribution in [3.05, 3.63) is 99.2 Å². The number of hydrogen-bond donors (Lipinski definition) is 6. The molecule has 0 spiro atoms. The minimum absolute atomic E-state index is 0.0514. The van der Waals surface area contributed by atoms with Gasteiger partial charge in [-0.05, 0) is 72.6 Å². The van der Waals surface area contributed by atoms with E-state index in [1.165, 1.54) is 12.1 Å². The maximum Gasteiger partial charge on any atom is 0.408 e. The molecule has 0 aliphatic heterocycles. The number of rotatable bonds is 13. The number of H-pyrrole nitrogens is 1. The van der Waals surface area contributed by atoms with E-state index in [9.17, 15) is 24.6 Å². The quantitative estimate of drug-likeness (QED) is 0.0852. The van der Waals surface area contributed by atoms with Gasteiger partial charge in [0.1, 0.15) is 17.3 Å².